The molecule has 1 aromatic carbocycles. The van der Waals surface area contributed by atoms with Gasteiger partial charge in [0.1, 0.15) is 5.70 Å². The summed E-state index contributed by atoms with van der Waals surface area (Å²) in [7, 11) is -2.59. The standard InChI is InChI=1S/C21H28N2O4S/c1-4-5-12-22(3)28(26,27)21-18(23-13-10-15(2)11-14-23)19(24)16-8-6-7-9-17(16)20(21)25/h6-9,15H,4-5,10-14H2,1-3H3. The van der Waals surface area contributed by atoms with Crippen LogP contribution in [0.15, 0.2) is 34.9 Å². The molecule has 0 atom stereocenters. The topological polar surface area (TPSA) is 74.8 Å². The van der Waals surface area contributed by atoms with E-state index in [1.807, 2.05) is 6.92 Å². The van der Waals surface area contributed by atoms with E-state index >= 15 is 0 Å². The number of carbonyl (C=O) groups is 2. The minimum Gasteiger partial charge on any atom is -0.367 e. The summed E-state index contributed by atoms with van der Waals surface area (Å²) in [6, 6.07) is 6.49. The molecule has 0 spiro atoms. The lowest BCUT2D eigenvalue weighted by Gasteiger charge is -2.36. The summed E-state index contributed by atoms with van der Waals surface area (Å²) in [4.78, 5) is 28.0. The Morgan fingerprint density at radius 1 is 1.07 bits per heavy atom. The maximum Gasteiger partial charge on any atom is 0.248 e. The Kier molecular flexibility index (Phi) is 6.05. The first-order chi connectivity index (χ1) is 13.3. The Labute approximate surface area is 167 Å². The van der Waals surface area contributed by atoms with Crippen molar-refractivity contribution in [2.45, 2.75) is 39.5 Å². The fourth-order valence-corrected chi connectivity index (χ4v) is 5.25. The number of allylic oxidation sites excluding steroid dienone is 2. The van der Waals surface area contributed by atoms with E-state index in [0.717, 1.165) is 19.3 Å². The molecule has 0 N–H and O–H groups in total. The Balaban J connectivity index is 2.15. The number of fused-ring (bicyclic) bond motifs is 1. The molecule has 1 heterocycles. The van der Waals surface area contributed by atoms with Crippen molar-refractivity contribution in [1.82, 2.24) is 9.21 Å². The number of ketones is 2. The Hall–Kier alpha value is -1.99. The van der Waals surface area contributed by atoms with E-state index in [-0.39, 0.29) is 27.5 Å². The summed E-state index contributed by atoms with van der Waals surface area (Å²) in [5.41, 5.74) is 0.513. The predicted octanol–water partition coefficient (Wildman–Crippen LogP) is 3.07. The molecule has 1 aliphatic heterocycles. The zero-order chi connectivity index (χ0) is 20.5. The first-order valence-electron chi connectivity index (χ1n) is 9.93. The van der Waals surface area contributed by atoms with Crippen molar-refractivity contribution in [1.29, 1.82) is 0 Å². The van der Waals surface area contributed by atoms with Crippen LogP contribution in [0.1, 0.15) is 60.2 Å². The summed E-state index contributed by atoms with van der Waals surface area (Å²) < 4.78 is 27.9. The number of hydrogen-bond donors (Lipinski definition) is 0. The average Bonchev–Trinajstić information content (AvgIpc) is 2.69. The van der Waals surface area contributed by atoms with Crippen LogP contribution in [-0.2, 0) is 10.0 Å². The van der Waals surface area contributed by atoms with E-state index in [2.05, 4.69) is 6.92 Å². The molecule has 1 saturated heterocycles. The highest BCUT2D eigenvalue weighted by Crippen LogP contribution is 2.34. The van der Waals surface area contributed by atoms with Gasteiger partial charge in [-0.15, -0.1) is 0 Å². The van der Waals surface area contributed by atoms with E-state index in [9.17, 15) is 18.0 Å². The number of hydrogen-bond acceptors (Lipinski definition) is 5. The summed E-state index contributed by atoms with van der Waals surface area (Å²) in [6.45, 7) is 5.59. The van der Waals surface area contributed by atoms with Crippen LogP contribution in [0, 0.1) is 5.92 Å². The van der Waals surface area contributed by atoms with Crippen molar-refractivity contribution in [3.63, 3.8) is 0 Å². The smallest absolute Gasteiger partial charge is 0.248 e. The molecule has 6 nitrogen and oxygen atoms in total. The lowest BCUT2D eigenvalue weighted by atomic mass is 9.90. The molecule has 0 radical (unpaired) electrons. The lowest BCUT2D eigenvalue weighted by Crippen LogP contribution is -2.42. The molecule has 7 heteroatoms. The maximum absolute atomic E-state index is 13.3. The Morgan fingerprint density at radius 3 is 2.21 bits per heavy atom. The number of carbonyl (C=O) groups excluding carboxylic acids is 2. The molecule has 1 fully saturated rings. The van der Waals surface area contributed by atoms with Gasteiger partial charge in [-0.05, 0) is 25.2 Å². The van der Waals surface area contributed by atoms with Gasteiger partial charge < -0.3 is 4.90 Å². The largest absolute Gasteiger partial charge is 0.367 e. The summed E-state index contributed by atoms with van der Waals surface area (Å²) >= 11 is 0. The Morgan fingerprint density at radius 2 is 1.64 bits per heavy atom. The fraction of sp³-hybridized carbons (Fsp3) is 0.524. The SMILES string of the molecule is CCCCN(C)S(=O)(=O)C1=C(N2CCC(C)CC2)C(=O)c2ccccc2C1=O. The highest BCUT2D eigenvalue weighted by Gasteiger charge is 2.43. The molecule has 1 aliphatic carbocycles. The van der Waals surface area contributed by atoms with Gasteiger partial charge in [-0.3, -0.25) is 9.59 Å². The summed E-state index contributed by atoms with van der Waals surface area (Å²) in [5.74, 6) is -0.426. The van der Waals surface area contributed by atoms with E-state index in [4.69, 9.17) is 0 Å². The van der Waals surface area contributed by atoms with Crippen molar-refractivity contribution in [3.05, 3.63) is 46.0 Å². The second-order valence-corrected chi connectivity index (χ2v) is 9.71. The second-order valence-electron chi connectivity index (χ2n) is 7.73. The van der Waals surface area contributed by atoms with Gasteiger partial charge in [-0.2, -0.15) is 0 Å². The highest BCUT2D eigenvalue weighted by atomic mass is 32.2. The number of sulfonamides is 1. The first kappa shape index (κ1) is 20.7. The molecule has 0 bridgehead atoms. The third-order valence-electron chi connectivity index (χ3n) is 5.65. The molecular formula is C21H28N2O4S. The van der Waals surface area contributed by atoms with E-state index < -0.39 is 15.8 Å². The molecule has 152 valence electrons. The highest BCUT2D eigenvalue weighted by molar-refractivity contribution is 7.94. The van der Waals surface area contributed by atoms with Gasteiger partial charge in [-0.25, -0.2) is 12.7 Å². The zero-order valence-corrected chi connectivity index (χ0v) is 17.6. The molecule has 2 aliphatic rings. The Bertz CT molecular complexity index is 912. The first-order valence-corrected chi connectivity index (χ1v) is 11.4. The summed E-state index contributed by atoms with van der Waals surface area (Å²) in [6.07, 6.45) is 3.26. The number of Topliss-reactive ketones (excluding diaryl/α,β-unsaturated/α-hetero) is 2. The number of likely N-dealkylation sites (tertiary alicyclic amines) is 1. The van der Waals surface area contributed by atoms with Crippen molar-refractivity contribution in [2.75, 3.05) is 26.7 Å². The van der Waals surface area contributed by atoms with Gasteiger partial charge in [-0.1, -0.05) is 44.5 Å². The number of rotatable bonds is 6. The molecule has 0 unspecified atom stereocenters. The fourth-order valence-electron chi connectivity index (χ4n) is 3.76. The average molecular weight is 405 g/mol. The molecule has 0 amide bonds. The van der Waals surface area contributed by atoms with Gasteiger partial charge in [0.25, 0.3) is 0 Å². The van der Waals surface area contributed by atoms with Crippen LogP contribution in [0.2, 0.25) is 0 Å². The maximum atomic E-state index is 13.3. The number of piperidine rings is 1. The van der Waals surface area contributed by atoms with Gasteiger partial charge in [0.05, 0.1) is 0 Å². The van der Waals surface area contributed by atoms with Gasteiger partial charge in [0, 0.05) is 37.8 Å². The van der Waals surface area contributed by atoms with Crippen molar-refractivity contribution >= 4 is 21.6 Å². The molecule has 0 aromatic heterocycles. The molecule has 1 aromatic rings. The molecule has 3 rings (SSSR count). The van der Waals surface area contributed by atoms with E-state index in [1.54, 1.807) is 23.1 Å². The normalized spacial score (nSPS) is 18.8. The molecule has 0 saturated carbocycles. The monoisotopic (exact) mass is 404 g/mol. The van der Waals surface area contributed by atoms with Crippen LogP contribution in [-0.4, -0.2) is 55.9 Å². The van der Waals surface area contributed by atoms with Crippen LogP contribution in [0.25, 0.3) is 0 Å². The predicted molar refractivity (Wildman–Crippen MR) is 109 cm³/mol. The zero-order valence-electron chi connectivity index (χ0n) is 16.8. The van der Waals surface area contributed by atoms with Gasteiger partial charge in [0.2, 0.25) is 21.6 Å². The summed E-state index contributed by atoms with van der Waals surface area (Å²) in [5, 5.41) is 0. The minimum absolute atomic E-state index is 0.0546. The number of nitrogens with zero attached hydrogens (tertiary/aromatic N) is 2. The molecular weight excluding hydrogens is 376 g/mol. The van der Waals surface area contributed by atoms with E-state index in [1.165, 1.54) is 17.4 Å². The van der Waals surface area contributed by atoms with Crippen LogP contribution in [0.4, 0.5) is 0 Å². The second kappa shape index (κ2) is 8.17. The minimum atomic E-state index is -4.07. The molecule has 28 heavy (non-hydrogen) atoms. The lowest BCUT2D eigenvalue weighted by molar-refractivity contribution is 0.0932. The van der Waals surface area contributed by atoms with Crippen molar-refractivity contribution < 1.29 is 18.0 Å². The van der Waals surface area contributed by atoms with Crippen LogP contribution in [0.5, 0.6) is 0 Å². The quantitative estimate of drug-likeness (QED) is 0.728. The number of benzene rings is 1. The number of unbranched alkanes of at least 4 members (excludes halogenated alkanes) is 1. The van der Waals surface area contributed by atoms with Crippen LogP contribution in [0.3, 0.4) is 0 Å². The third-order valence-corrected chi connectivity index (χ3v) is 7.55. The van der Waals surface area contributed by atoms with Crippen LogP contribution >= 0.6 is 0 Å². The third kappa shape index (κ3) is 3.65. The van der Waals surface area contributed by atoms with Crippen molar-refractivity contribution in [2.24, 2.45) is 5.92 Å². The van der Waals surface area contributed by atoms with Gasteiger partial charge in [0.15, 0.2) is 4.91 Å². The van der Waals surface area contributed by atoms with Crippen molar-refractivity contribution in [3.8, 4) is 0 Å². The van der Waals surface area contributed by atoms with E-state index in [0.29, 0.717) is 32.0 Å². The van der Waals surface area contributed by atoms with Gasteiger partial charge >= 0.3 is 0 Å². The van der Waals surface area contributed by atoms with Crippen LogP contribution < -0.4 is 0 Å².